The van der Waals surface area contributed by atoms with Crippen LogP contribution in [0.3, 0.4) is 0 Å². The summed E-state index contributed by atoms with van der Waals surface area (Å²) < 4.78 is 0.916. The van der Waals surface area contributed by atoms with E-state index in [2.05, 4.69) is 26.2 Å². The fourth-order valence-electron chi connectivity index (χ4n) is 2.25. The van der Waals surface area contributed by atoms with Crippen molar-refractivity contribution in [2.24, 2.45) is 4.99 Å². The van der Waals surface area contributed by atoms with Crippen LogP contribution in [-0.2, 0) is 4.79 Å². The SMILES string of the molecule is Cc1ccc(N=C2NC(=O)C(CC(=O)c3ccc(Br)cc3)S2)cc1. The van der Waals surface area contributed by atoms with Gasteiger partial charge < -0.3 is 5.32 Å². The van der Waals surface area contributed by atoms with Gasteiger partial charge in [0.2, 0.25) is 5.91 Å². The summed E-state index contributed by atoms with van der Waals surface area (Å²) in [6, 6.07) is 14.9. The van der Waals surface area contributed by atoms with E-state index >= 15 is 0 Å². The molecule has 1 fully saturated rings. The maximum atomic E-state index is 12.3. The number of ketones is 1. The maximum absolute atomic E-state index is 12.3. The number of hydrogen-bond acceptors (Lipinski definition) is 4. The number of nitrogens with zero attached hydrogens (tertiary/aromatic N) is 1. The predicted molar refractivity (Wildman–Crippen MR) is 101 cm³/mol. The molecule has 0 spiro atoms. The van der Waals surface area contributed by atoms with Gasteiger partial charge in [-0.3, -0.25) is 9.59 Å². The van der Waals surface area contributed by atoms with Gasteiger partial charge >= 0.3 is 0 Å². The van der Waals surface area contributed by atoms with Crippen LogP contribution in [-0.4, -0.2) is 22.1 Å². The van der Waals surface area contributed by atoms with Crippen molar-refractivity contribution in [2.75, 3.05) is 0 Å². The fourth-order valence-corrected chi connectivity index (χ4v) is 3.50. The Kier molecular flexibility index (Phi) is 5.16. The van der Waals surface area contributed by atoms with Crippen molar-refractivity contribution in [2.45, 2.75) is 18.6 Å². The molecule has 122 valence electrons. The van der Waals surface area contributed by atoms with Crippen LogP contribution in [0, 0.1) is 6.92 Å². The minimum Gasteiger partial charge on any atom is -0.304 e. The molecule has 1 atom stereocenters. The van der Waals surface area contributed by atoms with Crippen LogP contribution < -0.4 is 5.32 Å². The standard InChI is InChI=1S/C18H15BrN2O2S/c1-11-2-8-14(9-3-11)20-18-21-17(23)16(24-18)10-15(22)12-4-6-13(19)7-5-12/h2-9,16H,10H2,1H3,(H,20,21,23). The third-order valence-corrected chi connectivity index (χ3v) is 5.19. The van der Waals surface area contributed by atoms with Gasteiger partial charge in [0.1, 0.15) is 0 Å². The van der Waals surface area contributed by atoms with Gasteiger partial charge in [0.25, 0.3) is 0 Å². The zero-order valence-electron chi connectivity index (χ0n) is 13.0. The number of thioether (sulfide) groups is 1. The number of carbonyl (C=O) groups excluding carboxylic acids is 2. The highest BCUT2D eigenvalue weighted by Gasteiger charge is 2.32. The molecule has 2 aromatic carbocycles. The first-order valence-corrected chi connectivity index (χ1v) is 9.10. The zero-order chi connectivity index (χ0) is 17.1. The molecule has 1 heterocycles. The third-order valence-electron chi connectivity index (χ3n) is 3.58. The highest BCUT2D eigenvalue weighted by atomic mass is 79.9. The lowest BCUT2D eigenvalue weighted by atomic mass is 10.1. The number of amides is 1. The van der Waals surface area contributed by atoms with Crippen molar-refractivity contribution in [1.82, 2.24) is 5.32 Å². The molecule has 0 bridgehead atoms. The van der Waals surface area contributed by atoms with Gasteiger partial charge in [-0.15, -0.1) is 0 Å². The quantitative estimate of drug-likeness (QED) is 0.777. The Morgan fingerprint density at radius 1 is 1.17 bits per heavy atom. The normalized spacial score (nSPS) is 18.7. The first-order valence-electron chi connectivity index (χ1n) is 7.43. The summed E-state index contributed by atoms with van der Waals surface area (Å²) in [6.07, 6.45) is 0.158. The number of amidine groups is 1. The van der Waals surface area contributed by atoms with Gasteiger partial charge in [-0.05, 0) is 31.2 Å². The summed E-state index contributed by atoms with van der Waals surface area (Å²) in [6.45, 7) is 2.01. The second-order valence-corrected chi connectivity index (χ2v) is 7.59. The summed E-state index contributed by atoms with van der Waals surface area (Å²) >= 11 is 4.64. The van der Waals surface area contributed by atoms with Gasteiger partial charge in [-0.1, -0.05) is 57.5 Å². The lowest BCUT2D eigenvalue weighted by Crippen LogP contribution is -2.26. The Labute approximate surface area is 152 Å². The van der Waals surface area contributed by atoms with E-state index in [0.717, 1.165) is 15.7 Å². The minimum absolute atomic E-state index is 0.0493. The number of Topliss-reactive ketones (excluding diaryl/α,β-unsaturated/α-hetero) is 1. The van der Waals surface area contributed by atoms with Crippen LogP contribution >= 0.6 is 27.7 Å². The first kappa shape index (κ1) is 16.9. The summed E-state index contributed by atoms with van der Waals surface area (Å²) in [4.78, 5) is 28.8. The van der Waals surface area contributed by atoms with Crippen LogP contribution in [0.1, 0.15) is 22.3 Å². The summed E-state index contributed by atoms with van der Waals surface area (Å²) in [5.41, 5.74) is 2.54. The van der Waals surface area contributed by atoms with Crippen molar-refractivity contribution >= 4 is 50.2 Å². The zero-order valence-corrected chi connectivity index (χ0v) is 15.4. The molecular weight excluding hydrogens is 388 g/mol. The molecule has 0 radical (unpaired) electrons. The average molecular weight is 403 g/mol. The van der Waals surface area contributed by atoms with Gasteiger partial charge in [-0.25, -0.2) is 4.99 Å². The first-order chi connectivity index (χ1) is 11.5. The lowest BCUT2D eigenvalue weighted by Gasteiger charge is -2.04. The number of nitrogens with one attached hydrogen (secondary N) is 1. The fraction of sp³-hybridized carbons (Fsp3) is 0.167. The number of rotatable bonds is 4. The summed E-state index contributed by atoms with van der Waals surface area (Å²) in [5, 5.41) is 2.85. The van der Waals surface area contributed by atoms with E-state index in [4.69, 9.17) is 0 Å². The number of aliphatic imine (C=N–C) groups is 1. The van der Waals surface area contributed by atoms with E-state index < -0.39 is 5.25 Å². The van der Waals surface area contributed by atoms with Crippen molar-refractivity contribution in [3.8, 4) is 0 Å². The van der Waals surface area contributed by atoms with E-state index in [1.54, 1.807) is 12.1 Å². The average Bonchev–Trinajstić information content (AvgIpc) is 2.89. The lowest BCUT2D eigenvalue weighted by molar-refractivity contribution is -0.118. The van der Waals surface area contributed by atoms with E-state index in [0.29, 0.717) is 10.7 Å². The molecule has 1 saturated heterocycles. The number of hydrogen-bond donors (Lipinski definition) is 1. The Hall–Kier alpha value is -1.92. The van der Waals surface area contributed by atoms with Gasteiger partial charge in [-0.2, -0.15) is 0 Å². The van der Waals surface area contributed by atoms with E-state index in [1.807, 2.05) is 43.3 Å². The molecule has 1 unspecified atom stereocenters. The van der Waals surface area contributed by atoms with Crippen molar-refractivity contribution in [1.29, 1.82) is 0 Å². The van der Waals surface area contributed by atoms with Crippen molar-refractivity contribution in [3.05, 3.63) is 64.1 Å². The topological polar surface area (TPSA) is 58.5 Å². The second kappa shape index (κ2) is 7.32. The molecule has 0 aliphatic carbocycles. The molecule has 1 aliphatic heterocycles. The molecule has 0 saturated carbocycles. The predicted octanol–water partition coefficient (Wildman–Crippen LogP) is 4.25. The monoisotopic (exact) mass is 402 g/mol. The molecule has 0 aromatic heterocycles. The smallest absolute Gasteiger partial charge is 0.240 e. The number of aryl methyl sites for hydroxylation is 1. The Balaban J connectivity index is 1.67. The Morgan fingerprint density at radius 2 is 1.83 bits per heavy atom. The number of carbonyl (C=O) groups is 2. The van der Waals surface area contributed by atoms with Gasteiger partial charge in [0, 0.05) is 16.5 Å². The highest BCUT2D eigenvalue weighted by molar-refractivity contribution is 9.10. The molecule has 24 heavy (non-hydrogen) atoms. The molecular formula is C18H15BrN2O2S. The highest BCUT2D eigenvalue weighted by Crippen LogP contribution is 2.26. The van der Waals surface area contributed by atoms with Crippen LogP contribution in [0.2, 0.25) is 0 Å². The molecule has 3 rings (SSSR count). The Morgan fingerprint density at radius 3 is 2.50 bits per heavy atom. The third kappa shape index (κ3) is 4.13. The molecule has 1 N–H and O–H groups in total. The van der Waals surface area contributed by atoms with Gasteiger partial charge in [0.05, 0.1) is 10.9 Å². The maximum Gasteiger partial charge on any atom is 0.240 e. The summed E-state index contributed by atoms with van der Waals surface area (Å²) in [5.74, 6) is -0.219. The number of benzene rings is 2. The number of halogens is 1. The summed E-state index contributed by atoms with van der Waals surface area (Å²) in [7, 11) is 0. The molecule has 4 nitrogen and oxygen atoms in total. The molecule has 1 aliphatic rings. The minimum atomic E-state index is -0.439. The molecule has 1 amide bonds. The van der Waals surface area contributed by atoms with Gasteiger partial charge in [0.15, 0.2) is 11.0 Å². The van der Waals surface area contributed by atoms with Crippen LogP contribution in [0.5, 0.6) is 0 Å². The van der Waals surface area contributed by atoms with Crippen LogP contribution in [0.25, 0.3) is 0 Å². The van der Waals surface area contributed by atoms with E-state index in [1.165, 1.54) is 11.8 Å². The second-order valence-electron chi connectivity index (χ2n) is 5.48. The largest absolute Gasteiger partial charge is 0.304 e. The Bertz CT molecular complexity index is 801. The van der Waals surface area contributed by atoms with Crippen LogP contribution in [0.4, 0.5) is 5.69 Å². The van der Waals surface area contributed by atoms with E-state index in [-0.39, 0.29) is 18.1 Å². The van der Waals surface area contributed by atoms with Crippen molar-refractivity contribution < 1.29 is 9.59 Å². The van der Waals surface area contributed by atoms with Crippen LogP contribution in [0.15, 0.2) is 58.0 Å². The molecule has 2 aromatic rings. The van der Waals surface area contributed by atoms with Crippen molar-refractivity contribution in [3.63, 3.8) is 0 Å². The van der Waals surface area contributed by atoms with E-state index in [9.17, 15) is 9.59 Å². The molecule has 6 heteroatoms.